The van der Waals surface area contributed by atoms with Crippen LogP contribution in [0.2, 0.25) is 0 Å². The second-order valence-electron chi connectivity index (χ2n) is 3.96. The molecule has 3 aromatic rings. The highest BCUT2D eigenvalue weighted by molar-refractivity contribution is 6.63. The predicted molar refractivity (Wildman–Crippen MR) is 68.3 cm³/mol. The van der Waals surface area contributed by atoms with E-state index in [0.717, 1.165) is 27.5 Å². The van der Waals surface area contributed by atoms with Gasteiger partial charge in [-0.3, -0.25) is 4.79 Å². The summed E-state index contributed by atoms with van der Waals surface area (Å²) in [6, 6.07) is 13.6. The number of carbonyl (C=O) groups excluding carboxylic acids is 1. The van der Waals surface area contributed by atoms with E-state index in [1.54, 1.807) is 0 Å². The van der Waals surface area contributed by atoms with Gasteiger partial charge in [0.25, 0.3) is 0 Å². The fourth-order valence-electron chi connectivity index (χ4n) is 2.04. The molecule has 3 rings (SSSR count). The third-order valence-corrected chi connectivity index (χ3v) is 2.92. The van der Waals surface area contributed by atoms with Gasteiger partial charge in [0.15, 0.2) is 0 Å². The molecule has 0 aliphatic carbocycles. The van der Waals surface area contributed by atoms with Crippen molar-refractivity contribution in [3.8, 4) is 0 Å². The lowest BCUT2D eigenvalue weighted by Gasteiger charge is -1.96. The molecule has 0 N–H and O–H groups in total. The minimum absolute atomic E-state index is 0.247. The Bertz CT molecular complexity index is 712. The molecule has 0 fully saturated rings. The van der Waals surface area contributed by atoms with Crippen LogP contribution in [0, 0.1) is 0 Å². The Kier molecular flexibility index (Phi) is 2.37. The summed E-state index contributed by atoms with van der Waals surface area (Å²) in [6.45, 7) is 0. The molecule has 3 heteroatoms. The lowest BCUT2D eigenvalue weighted by atomic mass is 10.1. The van der Waals surface area contributed by atoms with E-state index in [4.69, 9.17) is 16.0 Å². The van der Waals surface area contributed by atoms with Gasteiger partial charge >= 0.3 is 0 Å². The lowest BCUT2D eigenvalue weighted by Crippen LogP contribution is -1.92. The summed E-state index contributed by atoms with van der Waals surface area (Å²) in [7, 11) is 0. The first-order valence-corrected chi connectivity index (χ1v) is 5.70. The minimum Gasteiger partial charge on any atom is -0.456 e. The van der Waals surface area contributed by atoms with E-state index in [1.807, 2.05) is 42.5 Å². The number of halogens is 1. The van der Waals surface area contributed by atoms with E-state index in [-0.39, 0.29) is 11.7 Å². The number of hydrogen-bond donors (Lipinski definition) is 0. The molecule has 1 heterocycles. The first kappa shape index (κ1) is 10.4. The number of carbonyl (C=O) groups is 1. The van der Waals surface area contributed by atoms with Gasteiger partial charge in [0.05, 0.1) is 0 Å². The summed E-state index contributed by atoms with van der Waals surface area (Å²) < 4.78 is 5.69. The molecule has 17 heavy (non-hydrogen) atoms. The molecule has 1 aromatic heterocycles. The molecule has 0 saturated heterocycles. The van der Waals surface area contributed by atoms with Crippen molar-refractivity contribution in [3.05, 3.63) is 48.0 Å². The zero-order valence-corrected chi connectivity index (χ0v) is 9.70. The third kappa shape index (κ3) is 1.81. The van der Waals surface area contributed by atoms with Crippen molar-refractivity contribution < 1.29 is 9.21 Å². The Hall–Kier alpha value is -1.80. The van der Waals surface area contributed by atoms with Crippen molar-refractivity contribution in [1.29, 1.82) is 0 Å². The number of hydrogen-bond acceptors (Lipinski definition) is 2. The van der Waals surface area contributed by atoms with Gasteiger partial charge in [0.1, 0.15) is 11.2 Å². The molecule has 0 amide bonds. The van der Waals surface area contributed by atoms with Gasteiger partial charge in [-0.25, -0.2) is 0 Å². The van der Waals surface area contributed by atoms with E-state index < -0.39 is 0 Å². The SMILES string of the molecule is O=C(Cl)Cc1ccc2oc3ccccc3c2c1. The first-order chi connectivity index (χ1) is 8.24. The van der Waals surface area contributed by atoms with Crippen LogP contribution >= 0.6 is 11.6 Å². The first-order valence-electron chi connectivity index (χ1n) is 5.32. The average molecular weight is 245 g/mol. The molecule has 0 radical (unpaired) electrons. The number of para-hydroxylation sites is 1. The molecule has 2 aromatic carbocycles. The number of rotatable bonds is 2. The van der Waals surface area contributed by atoms with Crippen LogP contribution in [0.4, 0.5) is 0 Å². The van der Waals surface area contributed by atoms with Gasteiger partial charge in [-0.15, -0.1) is 0 Å². The van der Waals surface area contributed by atoms with E-state index in [0.29, 0.717) is 0 Å². The Morgan fingerprint density at radius 2 is 1.82 bits per heavy atom. The van der Waals surface area contributed by atoms with Crippen LogP contribution in [0.3, 0.4) is 0 Å². The smallest absolute Gasteiger partial charge is 0.226 e. The van der Waals surface area contributed by atoms with Crippen molar-refractivity contribution in [2.45, 2.75) is 6.42 Å². The molecule has 0 bridgehead atoms. The molecule has 84 valence electrons. The van der Waals surface area contributed by atoms with Crippen molar-refractivity contribution in [1.82, 2.24) is 0 Å². The molecule has 0 aliphatic rings. The van der Waals surface area contributed by atoms with Gasteiger partial charge in [-0.05, 0) is 35.4 Å². The van der Waals surface area contributed by atoms with Crippen LogP contribution < -0.4 is 0 Å². The summed E-state index contributed by atoms with van der Waals surface area (Å²) in [5.41, 5.74) is 2.60. The summed E-state index contributed by atoms with van der Waals surface area (Å²) in [6.07, 6.45) is 0.247. The second kappa shape index (κ2) is 3.90. The third-order valence-electron chi connectivity index (χ3n) is 2.78. The van der Waals surface area contributed by atoms with E-state index in [9.17, 15) is 4.79 Å². The maximum absolute atomic E-state index is 10.9. The highest BCUT2D eigenvalue weighted by Gasteiger charge is 2.07. The molecule has 2 nitrogen and oxygen atoms in total. The van der Waals surface area contributed by atoms with Crippen LogP contribution in [0.1, 0.15) is 5.56 Å². The summed E-state index contributed by atoms with van der Waals surface area (Å²) in [5.74, 6) is 0. The monoisotopic (exact) mass is 244 g/mol. The molecule has 0 spiro atoms. The molecule has 0 atom stereocenters. The summed E-state index contributed by atoms with van der Waals surface area (Å²) >= 11 is 5.39. The van der Waals surface area contributed by atoms with Gasteiger partial charge in [0.2, 0.25) is 5.24 Å². The Morgan fingerprint density at radius 3 is 2.65 bits per heavy atom. The lowest BCUT2D eigenvalue weighted by molar-refractivity contribution is -0.111. The van der Waals surface area contributed by atoms with Crippen molar-refractivity contribution in [2.75, 3.05) is 0 Å². The Balaban J connectivity index is 2.26. The highest BCUT2D eigenvalue weighted by atomic mass is 35.5. The predicted octanol–water partition coefficient (Wildman–Crippen LogP) is 3.89. The summed E-state index contributed by atoms with van der Waals surface area (Å²) in [4.78, 5) is 10.9. The normalized spacial score (nSPS) is 11.1. The number of benzene rings is 2. The maximum Gasteiger partial charge on any atom is 0.226 e. The van der Waals surface area contributed by atoms with Crippen LogP contribution in [0.25, 0.3) is 21.9 Å². The Morgan fingerprint density at radius 1 is 1.06 bits per heavy atom. The quantitative estimate of drug-likeness (QED) is 0.640. The fraction of sp³-hybridized carbons (Fsp3) is 0.0714. The fourth-order valence-corrected chi connectivity index (χ4v) is 2.20. The molecule has 0 saturated carbocycles. The largest absolute Gasteiger partial charge is 0.456 e. The molecular weight excluding hydrogens is 236 g/mol. The topological polar surface area (TPSA) is 30.2 Å². The van der Waals surface area contributed by atoms with Gasteiger partial charge in [-0.1, -0.05) is 24.3 Å². The van der Waals surface area contributed by atoms with Crippen molar-refractivity contribution in [2.24, 2.45) is 0 Å². The van der Waals surface area contributed by atoms with Crippen LogP contribution in [-0.4, -0.2) is 5.24 Å². The van der Waals surface area contributed by atoms with Crippen molar-refractivity contribution >= 4 is 38.8 Å². The molecule has 0 aliphatic heterocycles. The van der Waals surface area contributed by atoms with Crippen LogP contribution in [-0.2, 0) is 11.2 Å². The highest BCUT2D eigenvalue weighted by Crippen LogP contribution is 2.29. The molecular formula is C14H9ClO2. The number of furan rings is 1. The minimum atomic E-state index is -0.350. The zero-order chi connectivity index (χ0) is 11.8. The van der Waals surface area contributed by atoms with Gasteiger partial charge < -0.3 is 4.42 Å². The second-order valence-corrected chi connectivity index (χ2v) is 4.38. The molecule has 0 unspecified atom stereocenters. The number of fused-ring (bicyclic) bond motifs is 3. The van der Waals surface area contributed by atoms with E-state index in [2.05, 4.69) is 0 Å². The Labute approximate surface area is 103 Å². The van der Waals surface area contributed by atoms with E-state index in [1.165, 1.54) is 0 Å². The average Bonchev–Trinajstić information content (AvgIpc) is 2.66. The maximum atomic E-state index is 10.9. The van der Waals surface area contributed by atoms with Crippen molar-refractivity contribution in [3.63, 3.8) is 0 Å². The van der Waals surface area contributed by atoms with Gasteiger partial charge in [-0.2, -0.15) is 0 Å². The van der Waals surface area contributed by atoms with Crippen LogP contribution in [0.5, 0.6) is 0 Å². The zero-order valence-electron chi connectivity index (χ0n) is 8.94. The van der Waals surface area contributed by atoms with Crippen LogP contribution in [0.15, 0.2) is 46.9 Å². The standard InChI is InChI=1S/C14H9ClO2/c15-14(16)8-9-5-6-13-11(7-9)10-3-1-2-4-12(10)17-13/h1-7H,8H2. The van der Waals surface area contributed by atoms with Gasteiger partial charge in [0, 0.05) is 17.2 Å². The summed E-state index contributed by atoms with van der Waals surface area (Å²) in [5, 5.41) is 1.74. The van der Waals surface area contributed by atoms with E-state index >= 15 is 0 Å².